The third-order valence-electron chi connectivity index (χ3n) is 19.7. The van der Waals surface area contributed by atoms with Crippen LogP contribution in [0.1, 0.15) is 369 Å². The molecule has 586 valence electrons. The molecule has 5 atom stereocenters. The van der Waals surface area contributed by atoms with Crippen LogP contribution in [0.5, 0.6) is 0 Å². The monoisotopic (exact) mass is 1410 g/mol. The van der Waals surface area contributed by atoms with Gasteiger partial charge in [0.15, 0.2) is 0 Å². The van der Waals surface area contributed by atoms with Gasteiger partial charge < -0.3 is 57.0 Å². The van der Waals surface area contributed by atoms with Crippen LogP contribution in [0, 0.1) is 0 Å². The van der Waals surface area contributed by atoms with Gasteiger partial charge >= 0.3 is 0 Å². The van der Waals surface area contributed by atoms with Crippen LogP contribution in [-0.4, -0.2) is 192 Å². The highest BCUT2D eigenvalue weighted by atomic mass is 16.3. The van der Waals surface area contributed by atoms with E-state index in [9.17, 15) is 49.5 Å². The quantitative estimate of drug-likeness (QED) is 0.0255. The van der Waals surface area contributed by atoms with Crippen LogP contribution in [0.3, 0.4) is 0 Å². The van der Waals surface area contributed by atoms with Gasteiger partial charge in [0, 0.05) is 65.4 Å². The molecular weight excluding hydrogens is 1240 g/mol. The molecule has 0 bridgehead atoms. The molecule has 5 unspecified atom stereocenters. The fraction of sp³-hybridized carbons (Fsp3) is 0.938. The van der Waals surface area contributed by atoms with Gasteiger partial charge in [0.2, 0.25) is 29.5 Å². The number of hydrogen-bond donors (Lipinski definition) is 10. The van der Waals surface area contributed by atoms with E-state index >= 15 is 0 Å². The number of aliphatic hydroxyl groups is 5. The van der Waals surface area contributed by atoms with Crippen molar-refractivity contribution in [3.8, 4) is 0 Å². The van der Waals surface area contributed by atoms with Crippen molar-refractivity contribution in [3.63, 3.8) is 0 Å². The predicted molar refractivity (Wildman–Crippen MR) is 413 cm³/mol. The van der Waals surface area contributed by atoms with Crippen LogP contribution in [0.2, 0.25) is 0 Å². The summed E-state index contributed by atoms with van der Waals surface area (Å²) in [5.41, 5.74) is 0. The highest BCUT2D eigenvalue weighted by Gasteiger charge is 2.27. The Morgan fingerprint density at radius 2 is 0.333 bits per heavy atom. The lowest BCUT2D eigenvalue weighted by molar-refractivity contribution is -0.133. The Hall–Kier alpha value is -2.97. The van der Waals surface area contributed by atoms with Crippen LogP contribution in [0.25, 0.3) is 0 Å². The number of rotatable bonds is 78. The van der Waals surface area contributed by atoms with Crippen molar-refractivity contribution in [2.45, 2.75) is 399 Å². The van der Waals surface area contributed by atoms with E-state index in [1.54, 1.807) is 9.80 Å². The molecule has 0 saturated heterocycles. The third-order valence-corrected chi connectivity index (χ3v) is 19.7. The average molecular weight is 1410 g/mol. The predicted octanol–water partition coefficient (Wildman–Crippen LogP) is 14.7. The number of nitrogens with zero attached hydrogens (tertiary/aromatic N) is 3. The van der Waals surface area contributed by atoms with Gasteiger partial charge in [-0.2, -0.15) is 0 Å². The summed E-state index contributed by atoms with van der Waals surface area (Å²) >= 11 is 0. The first-order valence-corrected chi connectivity index (χ1v) is 42.2. The van der Waals surface area contributed by atoms with Gasteiger partial charge in [-0.05, 0) is 71.1 Å². The summed E-state index contributed by atoms with van der Waals surface area (Å²) in [6, 6.07) is 0. The maximum atomic E-state index is 13.6. The van der Waals surface area contributed by atoms with Gasteiger partial charge in [0.1, 0.15) is 30.5 Å². The molecule has 0 aromatic carbocycles. The highest BCUT2D eigenvalue weighted by molar-refractivity contribution is 5.82. The minimum atomic E-state index is -1.42. The number of carbonyl (C=O) groups is 5. The van der Waals surface area contributed by atoms with Gasteiger partial charge in [-0.25, -0.2) is 0 Å². The number of carbonyl (C=O) groups excluding carboxylic acids is 5. The first kappa shape index (κ1) is 96.0. The third kappa shape index (κ3) is 63.3. The molecule has 18 nitrogen and oxygen atoms in total. The second-order valence-electron chi connectivity index (χ2n) is 29.5. The molecule has 0 aliphatic heterocycles. The summed E-state index contributed by atoms with van der Waals surface area (Å²) in [6.07, 6.45) is 51.9. The number of nitrogens with one attached hydrogen (secondary N) is 5. The highest BCUT2D eigenvalue weighted by Crippen LogP contribution is 2.16. The Morgan fingerprint density at radius 1 is 0.202 bits per heavy atom. The molecule has 0 heterocycles. The molecule has 0 aromatic heterocycles. The summed E-state index contributed by atoms with van der Waals surface area (Å²) in [5.74, 6) is -2.52. The van der Waals surface area contributed by atoms with Crippen LogP contribution < -0.4 is 26.6 Å². The molecule has 18 heteroatoms. The second-order valence-corrected chi connectivity index (χ2v) is 29.5. The summed E-state index contributed by atoms with van der Waals surface area (Å²) in [5, 5.41) is 71.5. The smallest absolute Gasteiger partial charge is 0.250 e. The molecule has 10 N–H and O–H groups in total. The second kappa shape index (κ2) is 73.3. The number of amides is 5. The van der Waals surface area contributed by atoms with Crippen LogP contribution in [0.4, 0.5) is 0 Å². The molecule has 0 spiro atoms. The standard InChI is InChI=1S/C81H162N8O10/c1-6-11-16-21-26-31-36-41-46-51-58-82-77(95)72(90)67-87(63-56-65-88(68-73(91)78(96)83-59-52-47-42-37-32-27-22-17-12-7-2)69-74(92)79(97)84-60-53-48-43-38-33-28-23-18-13-8-3)64-57-66-89(70-75(93)80(98)85-61-54-49-44-39-34-29-24-19-14-9-4)71-76(94)81(99)86-62-55-50-45-40-35-30-25-20-15-10-5/h72-76,90-94H,6-71H2,1-5H3,(H,82,95)(H,83,96)(H,84,97)(H,85,98)(H,86,99). The molecule has 0 saturated carbocycles. The lowest BCUT2D eigenvalue weighted by atomic mass is 10.1. The van der Waals surface area contributed by atoms with Crippen LogP contribution in [0.15, 0.2) is 0 Å². The number of hydrogen-bond acceptors (Lipinski definition) is 13. The Morgan fingerprint density at radius 3 is 0.495 bits per heavy atom. The molecule has 99 heavy (non-hydrogen) atoms. The van der Waals surface area contributed by atoms with E-state index in [1.165, 1.54) is 225 Å². The van der Waals surface area contributed by atoms with Gasteiger partial charge in [-0.3, -0.25) is 33.8 Å². The van der Waals surface area contributed by atoms with Crippen molar-refractivity contribution >= 4 is 29.5 Å². The fourth-order valence-corrected chi connectivity index (χ4v) is 13.2. The van der Waals surface area contributed by atoms with Crippen molar-refractivity contribution < 1.29 is 49.5 Å². The SMILES string of the molecule is CCCCCCCCCCCCNC(=O)C(O)CN(CCCN(CC(O)C(=O)NCCCCCCCCCCCC)CC(O)C(=O)NCCCCCCCCCCCC)CCCN(CC(O)C(=O)NCCCCCCCCCCCC)CC(O)C(=O)NCCCCCCCCCCCC. The van der Waals surface area contributed by atoms with Crippen molar-refractivity contribution in [1.82, 2.24) is 41.3 Å². The minimum absolute atomic E-state index is 0.0220. The molecule has 0 fully saturated rings. The van der Waals surface area contributed by atoms with Crippen LogP contribution in [-0.2, 0) is 24.0 Å². The van der Waals surface area contributed by atoms with E-state index < -0.39 is 60.1 Å². The molecule has 5 amide bonds. The maximum Gasteiger partial charge on any atom is 0.250 e. The fourth-order valence-electron chi connectivity index (χ4n) is 13.2. The van der Waals surface area contributed by atoms with Crippen LogP contribution >= 0.6 is 0 Å². The molecular formula is C81H162N8O10. The number of aliphatic hydroxyl groups excluding tert-OH is 5. The molecule has 0 aromatic rings. The Bertz CT molecular complexity index is 1610. The van der Waals surface area contributed by atoms with E-state index in [0.717, 1.165) is 96.3 Å². The van der Waals surface area contributed by atoms with Gasteiger partial charge in [0.25, 0.3) is 0 Å². The van der Waals surface area contributed by atoms with E-state index in [1.807, 2.05) is 4.90 Å². The largest absolute Gasteiger partial charge is 0.382 e. The molecule has 0 radical (unpaired) electrons. The Balaban J connectivity index is 6.37. The number of unbranched alkanes of at least 4 members (excludes halogenated alkanes) is 45. The zero-order valence-corrected chi connectivity index (χ0v) is 65.2. The molecule has 0 aliphatic rings. The van der Waals surface area contributed by atoms with E-state index in [2.05, 4.69) is 61.2 Å². The first-order valence-electron chi connectivity index (χ1n) is 42.2. The zero-order chi connectivity index (χ0) is 72.7. The lowest BCUT2D eigenvalue weighted by Crippen LogP contribution is -2.49. The Labute approximate surface area is 608 Å². The summed E-state index contributed by atoms with van der Waals surface area (Å²) in [7, 11) is 0. The first-order chi connectivity index (χ1) is 48.2. The van der Waals surface area contributed by atoms with Crippen molar-refractivity contribution in [1.29, 1.82) is 0 Å². The van der Waals surface area contributed by atoms with Crippen molar-refractivity contribution in [2.24, 2.45) is 0 Å². The lowest BCUT2D eigenvalue weighted by Gasteiger charge is -2.30. The van der Waals surface area contributed by atoms with Crippen molar-refractivity contribution in [2.75, 3.05) is 91.6 Å². The zero-order valence-electron chi connectivity index (χ0n) is 65.2. The van der Waals surface area contributed by atoms with E-state index in [0.29, 0.717) is 58.7 Å². The summed E-state index contributed by atoms with van der Waals surface area (Å²) in [4.78, 5) is 72.6. The van der Waals surface area contributed by atoms with Gasteiger partial charge in [-0.15, -0.1) is 0 Å². The normalized spacial score (nSPS) is 13.3. The molecule has 0 aliphatic carbocycles. The van der Waals surface area contributed by atoms with E-state index in [4.69, 9.17) is 0 Å². The van der Waals surface area contributed by atoms with Gasteiger partial charge in [0.05, 0.1) is 0 Å². The minimum Gasteiger partial charge on any atom is -0.382 e. The van der Waals surface area contributed by atoms with E-state index in [-0.39, 0.29) is 45.8 Å². The maximum absolute atomic E-state index is 13.6. The Kier molecular flexibility index (Phi) is 71.1. The van der Waals surface area contributed by atoms with Crippen molar-refractivity contribution in [3.05, 3.63) is 0 Å². The summed E-state index contributed by atoms with van der Waals surface area (Å²) < 4.78 is 0. The topological polar surface area (TPSA) is 256 Å². The average Bonchev–Trinajstić information content (AvgIpc) is 1.03. The summed E-state index contributed by atoms with van der Waals surface area (Å²) in [6.45, 7) is 14.0. The van der Waals surface area contributed by atoms with Gasteiger partial charge in [-0.1, -0.05) is 324 Å². The molecule has 0 rings (SSSR count).